The summed E-state index contributed by atoms with van der Waals surface area (Å²) in [6.07, 6.45) is 8.01. The molecule has 1 N–H and O–H groups in total. The van der Waals surface area contributed by atoms with Gasteiger partial charge in [-0.25, -0.2) is 13.4 Å². The lowest BCUT2D eigenvalue weighted by molar-refractivity contribution is -0.121. The highest BCUT2D eigenvalue weighted by molar-refractivity contribution is 7.89. The molecule has 2 aromatic heterocycles. The molecule has 1 atom stereocenters. The van der Waals surface area contributed by atoms with Crippen molar-refractivity contribution < 1.29 is 13.2 Å². The molecule has 26 heavy (non-hydrogen) atoms. The Labute approximate surface area is 153 Å². The van der Waals surface area contributed by atoms with Crippen molar-refractivity contribution in [3.63, 3.8) is 0 Å². The fourth-order valence-corrected chi connectivity index (χ4v) is 4.62. The Kier molecular flexibility index (Phi) is 5.67. The highest BCUT2D eigenvalue weighted by Crippen LogP contribution is 2.22. The highest BCUT2D eigenvalue weighted by Gasteiger charge is 2.30. The molecule has 0 aromatic carbocycles. The summed E-state index contributed by atoms with van der Waals surface area (Å²) in [7, 11) is -3.53. The number of aryl methyl sites for hydroxylation is 1. The van der Waals surface area contributed by atoms with Gasteiger partial charge >= 0.3 is 0 Å². The fourth-order valence-electron chi connectivity index (χ4n) is 3.10. The number of nitrogens with one attached hydrogen (secondary N) is 1. The van der Waals surface area contributed by atoms with Gasteiger partial charge in [-0.05, 0) is 37.8 Å². The third-order valence-corrected chi connectivity index (χ3v) is 6.43. The van der Waals surface area contributed by atoms with Crippen molar-refractivity contribution in [2.45, 2.75) is 31.2 Å². The van der Waals surface area contributed by atoms with Crippen LogP contribution in [0.2, 0.25) is 0 Å². The number of piperidine rings is 1. The quantitative estimate of drug-likeness (QED) is 0.803. The van der Waals surface area contributed by atoms with Crippen molar-refractivity contribution in [3.8, 4) is 0 Å². The van der Waals surface area contributed by atoms with Gasteiger partial charge in [0.1, 0.15) is 17.3 Å². The van der Waals surface area contributed by atoms with E-state index in [1.165, 1.54) is 10.5 Å². The Bertz CT molecular complexity index is 850. The van der Waals surface area contributed by atoms with Crippen LogP contribution in [-0.2, 0) is 21.4 Å². The minimum Gasteiger partial charge on any atom is -0.354 e. The van der Waals surface area contributed by atoms with Gasteiger partial charge < -0.3 is 9.88 Å². The average Bonchev–Trinajstić information content (AvgIpc) is 3.05. The molecule has 0 bridgehead atoms. The number of carbonyl (C=O) groups is 1. The highest BCUT2D eigenvalue weighted by atomic mass is 32.2. The van der Waals surface area contributed by atoms with Gasteiger partial charge in [0, 0.05) is 44.4 Å². The number of imidazole rings is 1. The van der Waals surface area contributed by atoms with Crippen LogP contribution in [0.25, 0.3) is 0 Å². The number of rotatable bonds is 6. The van der Waals surface area contributed by atoms with Crippen LogP contribution in [0.4, 0.5) is 0 Å². The number of amides is 1. The van der Waals surface area contributed by atoms with Crippen molar-refractivity contribution in [1.29, 1.82) is 0 Å². The molecule has 1 fully saturated rings. The van der Waals surface area contributed by atoms with Gasteiger partial charge in [0.25, 0.3) is 0 Å². The Morgan fingerprint density at radius 3 is 2.92 bits per heavy atom. The van der Waals surface area contributed by atoms with E-state index in [4.69, 9.17) is 0 Å². The molecule has 3 heterocycles. The first-order chi connectivity index (χ1) is 12.5. The molecule has 0 aliphatic carbocycles. The van der Waals surface area contributed by atoms with Gasteiger partial charge in [0.05, 0.1) is 0 Å². The number of nitrogens with zero attached hydrogens (tertiary/aromatic N) is 4. The van der Waals surface area contributed by atoms with Crippen LogP contribution in [0.5, 0.6) is 0 Å². The molecule has 9 heteroatoms. The smallest absolute Gasteiger partial charge is 0.244 e. The number of hydrogen-bond acceptors (Lipinski definition) is 5. The topological polar surface area (TPSA) is 97.2 Å². The number of sulfonamides is 1. The predicted octanol–water partition coefficient (Wildman–Crippen LogP) is 0.804. The summed E-state index contributed by atoms with van der Waals surface area (Å²) in [6.45, 7) is 3.43. The third-order valence-electron chi connectivity index (χ3n) is 4.58. The van der Waals surface area contributed by atoms with E-state index in [2.05, 4.69) is 15.3 Å². The van der Waals surface area contributed by atoms with Crippen LogP contribution in [0.3, 0.4) is 0 Å². The summed E-state index contributed by atoms with van der Waals surface area (Å²) in [5, 5.41) is 2.91. The van der Waals surface area contributed by atoms with E-state index < -0.39 is 10.0 Å². The second-order valence-electron chi connectivity index (χ2n) is 6.47. The standard InChI is InChI=1S/C17H23N5O3S/c1-14-19-7-9-21(14)13-17(23)20-10-15-4-3-8-22(12-15)26(24,25)16-5-2-6-18-11-16/h2,5-7,9,11,15H,3-4,8,10,12-13H2,1H3,(H,20,23). The van der Waals surface area contributed by atoms with E-state index in [1.807, 2.05) is 6.92 Å². The van der Waals surface area contributed by atoms with Crippen LogP contribution < -0.4 is 5.32 Å². The second-order valence-corrected chi connectivity index (χ2v) is 8.40. The predicted molar refractivity (Wildman–Crippen MR) is 95.7 cm³/mol. The number of pyridine rings is 1. The largest absolute Gasteiger partial charge is 0.354 e. The molecular formula is C17H23N5O3S. The van der Waals surface area contributed by atoms with Crippen LogP contribution in [0, 0.1) is 12.8 Å². The Morgan fingerprint density at radius 2 is 2.23 bits per heavy atom. The normalized spacial score (nSPS) is 18.6. The second kappa shape index (κ2) is 7.96. The average molecular weight is 377 g/mol. The summed E-state index contributed by atoms with van der Waals surface area (Å²) in [5.41, 5.74) is 0. The minimum absolute atomic E-state index is 0.0988. The van der Waals surface area contributed by atoms with Gasteiger partial charge in [-0.3, -0.25) is 9.78 Å². The number of carbonyl (C=O) groups excluding carboxylic acids is 1. The van der Waals surface area contributed by atoms with Crippen molar-refractivity contribution >= 4 is 15.9 Å². The van der Waals surface area contributed by atoms with Gasteiger partial charge in [-0.2, -0.15) is 4.31 Å². The maximum atomic E-state index is 12.7. The monoisotopic (exact) mass is 377 g/mol. The van der Waals surface area contributed by atoms with Crippen molar-refractivity contribution in [1.82, 2.24) is 24.2 Å². The summed E-state index contributed by atoms with van der Waals surface area (Å²) in [5.74, 6) is 0.785. The molecule has 3 rings (SSSR count). The zero-order valence-electron chi connectivity index (χ0n) is 14.7. The molecule has 1 aliphatic rings. The lowest BCUT2D eigenvalue weighted by atomic mass is 10.00. The molecule has 0 spiro atoms. The van der Waals surface area contributed by atoms with Crippen molar-refractivity contribution in [2.75, 3.05) is 19.6 Å². The summed E-state index contributed by atoms with van der Waals surface area (Å²) >= 11 is 0. The molecule has 2 aromatic rings. The minimum atomic E-state index is -3.53. The molecule has 8 nitrogen and oxygen atoms in total. The van der Waals surface area contributed by atoms with Crippen LogP contribution in [0.15, 0.2) is 41.8 Å². The first-order valence-corrected chi connectivity index (χ1v) is 10.1. The molecule has 140 valence electrons. The van der Waals surface area contributed by atoms with Crippen LogP contribution >= 0.6 is 0 Å². The summed E-state index contributed by atoms with van der Waals surface area (Å²) in [6, 6.07) is 3.17. The van der Waals surface area contributed by atoms with E-state index in [9.17, 15) is 13.2 Å². The molecule has 1 amide bonds. The zero-order chi connectivity index (χ0) is 18.6. The Hall–Kier alpha value is -2.26. The third kappa shape index (κ3) is 4.28. The fraction of sp³-hybridized carbons (Fsp3) is 0.471. The van der Waals surface area contributed by atoms with E-state index >= 15 is 0 Å². The molecular weight excluding hydrogens is 354 g/mol. The van der Waals surface area contributed by atoms with Gasteiger partial charge in [0.2, 0.25) is 15.9 Å². The molecule has 0 radical (unpaired) electrons. The summed E-state index contributed by atoms with van der Waals surface area (Å²) < 4.78 is 28.7. The van der Waals surface area contributed by atoms with E-state index in [1.54, 1.807) is 35.3 Å². The SMILES string of the molecule is Cc1nccn1CC(=O)NCC1CCCN(S(=O)(=O)c2cccnc2)C1. The van der Waals surface area contributed by atoms with E-state index in [-0.39, 0.29) is 23.3 Å². The Balaban J connectivity index is 1.55. The molecule has 0 saturated carbocycles. The first kappa shape index (κ1) is 18.5. The maximum Gasteiger partial charge on any atom is 0.244 e. The number of aromatic nitrogens is 3. The van der Waals surface area contributed by atoms with Gasteiger partial charge in [0.15, 0.2) is 0 Å². The van der Waals surface area contributed by atoms with Crippen molar-refractivity contribution in [3.05, 3.63) is 42.7 Å². The van der Waals surface area contributed by atoms with E-state index in [0.29, 0.717) is 19.6 Å². The van der Waals surface area contributed by atoms with Crippen LogP contribution in [-0.4, -0.2) is 52.8 Å². The maximum absolute atomic E-state index is 12.7. The van der Waals surface area contributed by atoms with E-state index in [0.717, 1.165) is 18.7 Å². The Morgan fingerprint density at radius 1 is 1.38 bits per heavy atom. The lowest BCUT2D eigenvalue weighted by Crippen LogP contribution is -2.44. The molecule has 1 unspecified atom stereocenters. The van der Waals surface area contributed by atoms with Crippen LogP contribution in [0.1, 0.15) is 18.7 Å². The zero-order valence-corrected chi connectivity index (χ0v) is 15.5. The lowest BCUT2D eigenvalue weighted by Gasteiger charge is -2.32. The van der Waals surface area contributed by atoms with Gasteiger partial charge in [-0.1, -0.05) is 0 Å². The molecule has 1 aliphatic heterocycles. The summed E-state index contributed by atoms with van der Waals surface area (Å²) in [4.78, 5) is 20.3. The van der Waals surface area contributed by atoms with Gasteiger partial charge in [-0.15, -0.1) is 0 Å². The number of hydrogen-bond donors (Lipinski definition) is 1. The first-order valence-electron chi connectivity index (χ1n) is 8.61. The molecule has 1 saturated heterocycles. The van der Waals surface area contributed by atoms with Crippen molar-refractivity contribution in [2.24, 2.45) is 5.92 Å².